The van der Waals surface area contributed by atoms with Gasteiger partial charge in [0.25, 0.3) is 24.0 Å². The fourth-order valence-electron chi connectivity index (χ4n) is 2.23. The molecule has 26 heavy (non-hydrogen) atoms. The Bertz CT molecular complexity index is 710. The summed E-state index contributed by atoms with van der Waals surface area (Å²) in [6.45, 7) is 0.579. The molecule has 1 saturated heterocycles. The van der Waals surface area contributed by atoms with Gasteiger partial charge in [-0.05, 0) is 24.3 Å². The van der Waals surface area contributed by atoms with E-state index < -0.39 is 22.4 Å². The quantitative estimate of drug-likeness (QED) is 0.567. The molecule has 0 saturated carbocycles. The Kier molecular flexibility index (Phi) is 5.25. The molecule has 0 spiro atoms. The number of ether oxygens (including phenoxy) is 4. The molecule has 2 aromatic carbocycles. The molecular weight excluding hydrogens is 348 g/mol. The Labute approximate surface area is 147 Å². The molecule has 1 aliphatic heterocycles. The van der Waals surface area contributed by atoms with Gasteiger partial charge in [0.1, 0.15) is 11.5 Å². The van der Waals surface area contributed by atoms with Crippen LogP contribution in [-0.4, -0.2) is 35.6 Å². The molecule has 0 aromatic heterocycles. The lowest BCUT2D eigenvalue weighted by molar-refractivity contribution is -0.385. The molecule has 0 N–H and O–H groups in total. The van der Waals surface area contributed by atoms with E-state index in [1.54, 1.807) is 0 Å². The van der Waals surface area contributed by atoms with Crippen molar-refractivity contribution in [2.45, 2.75) is 12.6 Å². The number of benzene rings is 2. The summed E-state index contributed by atoms with van der Waals surface area (Å²) in [5.74, 6) is 0.701. The highest BCUT2D eigenvalue weighted by molar-refractivity contribution is 5.37. The number of rotatable bonds is 6. The summed E-state index contributed by atoms with van der Waals surface area (Å²) in [5, 5.41) is 21.4. The van der Waals surface area contributed by atoms with Crippen LogP contribution in [0.15, 0.2) is 48.5 Å². The molecule has 136 valence electrons. The summed E-state index contributed by atoms with van der Waals surface area (Å²) in [6.07, 6.45) is -1.80. The standard InChI is InChI=1S/C16H14N2O8/c19-17(20)11-1-5-13(6-2-11)25-15-16(24-10-9-23-15)26-14-7-3-12(4-8-14)18(21)22/h1-8,15-16H,9-10H2. The third kappa shape index (κ3) is 4.23. The molecule has 1 heterocycles. The smallest absolute Gasteiger partial charge is 0.269 e. The van der Waals surface area contributed by atoms with Gasteiger partial charge in [0.2, 0.25) is 0 Å². The van der Waals surface area contributed by atoms with Gasteiger partial charge >= 0.3 is 0 Å². The van der Waals surface area contributed by atoms with Gasteiger partial charge in [0, 0.05) is 24.3 Å². The molecule has 3 rings (SSSR count). The summed E-state index contributed by atoms with van der Waals surface area (Å²) in [7, 11) is 0. The van der Waals surface area contributed by atoms with E-state index >= 15 is 0 Å². The zero-order chi connectivity index (χ0) is 18.5. The van der Waals surface area contributed by atoms with Crippen LogP contribution in [0.5, 0.6) is 11.5 Å². The van der Waals surface area contributed by atoms with E-state index in [1.165, 1.54) is 48.5 Å². The number of non-ortho nitro benzene ring substituents is 2. The first kappa shape index (κ1) is 17.6. The predicted octanol–water partition coefficient (Wildman–Crippen LogP) is 2.66. The van der Waals surface area contributed by atoms with E-state index in [4.69, 9.17) is 18.9 Å². The van der Waals surface area contributed by atoms with Crippen molar-refractivity contribution in [1.29, 1.82) is 0 Å². The van der Waals surface area contributed by atoms with Gasteiger partial charge in [0.15, 0.2) is 0 Å². The van der Waals surface area contributed by atoms with Crippen LogP contribution < -0.4 is 9.47 Å². The summed E-state index contributed by atoms with van der Waals surface area (Å²) in [5.41, 5.74) is -0.117. The number of nitro benzene ring substituents is 2. The number of hydrogen-bond donors (Lipinski definition) is 0. The molecule has 2 aromatic rings. The molecule has 0 bridgehead atoms. The fourth-order valence-corrected chi connectivity index (χ4v) is 2.23. The summed E-state index contributed by atoms with van der Waals surface area (Å²) < 4.78 is 22.3. The predicted molar refractivity (Wildman–Crippen MR) is 86.9 cm³/mol. The minimum atomic E-state index is -0.902. The van der Waals surface area contributed by atoms with Crippen LogP contribution in [0.4, 0.5) is 11.4 Å². The van der Waals surface area contributed by atoms with Gasteiger partial charge in [-0.25, -0.2) is 0 Å². The minimum Gasteiger partial charge on any atom is -0.458 e. The van der Waals surface area contributed by atoms with Crippen molar-refractivity contribution in [3.63, 3.8) is 0 Å². The van der Waals surface area contributed by atoms with Crippen LogP contribution >= 0.6 is 0 Å². The highest BCUT2D eigenvalue weighted by atomic mass is 16.8. The third-order valence-electron chi connectivity index (χ3n) is 3.47. The lowest BCUT2D eigenvalue weighted by Crippen LogP contribution is -2.45. The van der Waals surface area contributed by atoms with Gasteiger partial charge in [-0.2, -0.15) is 0 Å². The molecule has 10 heteroatoms. The van der Waals surface area contributed by atoms with E-state index in [2.05, 4.69) is 0 Å². The number of nitrogens with zero attached hydrogens (tertiary/aromatic N) is 2. The van der Waals surface area contributed by atoms with Crippen molar-refractivity contribution in [3.05, 3.63) is 68.8 Å². The van der Waals surface area contributed by atoms with Gasteiger partial charge in [-0.1, -0.05) is 0 Å². The maximum absolute atomic E-state index is 10.7. The van der Waals surface area contributed by atoms with Crippen LogP contribution in [0.3, 0.4) is 0 Å². The molecule has 2 atom stereocenters. The largest absolute Gasteiger partial charge is 0.458 e. The average Bonchev–Trinajstić information content (AvgIpc) is 2.64. The second-order valence-corrected chi connectivity index (χ2v) is 5.22. The van der Waals surface area contributed by atoms with Crippen LogP contribution in [0, 0.1) is 20.2 Å². The Balaban J connectivity index is 1.67. The second kappa shape index (κ2) is 7.76. The summed E-state index contributed by atoms with van der Waals surface area (Å²) in [6, 6.07) is 11.0. The van der Waals surface area contributed by atoms with Gasteiger partial charge in [0.05, 0.1) is 23.1 Å². The molecule has 0 radical (unpaired) electrons. The molecule has 0 aliphatic carbocycles. The highest BCUT2D eigenvalue weighted by Crippen LogP contribution is 2.24. The van der Waals surface area contributed by atoms with Crippen molar-refractivity contribution < 1.29 is 28.8 Å². The monoisotopic (exact) mass is 362 g/mol. The Morgan fingerprint density at radius 3 is 1.38 bits per heavy atom. The van der Waals surface area contributed by atoms with E-state index in [0.29, 0.717) is 11.5 Å². The summed E-state index contributed by atoms with van der Waals surface area (Å²) in [4.78, 5) is 20.3. The topological polar surface area (TPSA) is 123 Å². The zero-order valence-corrected chi connectivity index (χ0v) is 13.3. The van der Waals surface area contributed by atoms with Crippen LogP contribution in [0.1, 0.15) is 0 Å². The lowest BCUT2D eigenvalue weighted by atomic mass is 10.3. The first-order chi connectivity index (χ1) is 12.5. The fraction of sp³-hybridized carbons (Fsp3) is 0.250. The summed E-state index contributed by atoms with van der Waals surface area (Å²) >= 11 is 0. The van der Waals surface area contributed by atoms with Crippen molar-refractivity contribution >= 4 is 11.4 Å². The van der Waals surface area contributed by atoms with Crippen molar-refractivity contribution in [3.8, 4) is 11.5 Å². The van der Waals surface area contributed by atoms with E-state index in [1.807, 2.05) is 0 Å². The molecule has 10 nitrogen and oxygen atoms in total. The average molecular weight is 362 g/mol. The molecule has 0 amide bonds. The molecule has 2 unspecified atom stereocenters. The molecule has 1 fully saturated rings. The minimum absolute atomic E-state index is 0.0585. The van der Waals surface area contributed by atoms with E-state index in [-0.39, 0.29) is 24.6 Å². The SMILES string of the molecule is O=[N+]([O-])c1ccc(OC2OCCOC2Oc2ccc([N+](=O)[O-])cc2)cc1. The van der Waals surface area contributed by atoms with Gasteiger partial charge < -0.3 is 18.9 Å². The maximum atomic E-state index is 10.7. The second-order valence-electron chi connectivity index (χ2n) is 5.22. The first-order valence-corrected chi connectivity index (χ1v) is 7.58. The number of nitro groups is 2. The van der Waals surface area contributed by atoms with Crippen molar-refractivity contribution in [2.75, 3.05) is 13.2 Å². The van der Waals surface area contributed by atoms with Crippen molar-refractivity contribution in [1.82, 2.24) is 0 Å². The molecular formula is C16H14N2O8. The lowest BCUT2D eigenvalue weighted by Gasteiger charge is -2.31. The normalized spacial score (nSPS) is 19.5. The van der Waals surface area contributed by atoms with E-state index in [0.717, 1.165) is 0 Å². The zero-order valence-electron chi connectivity index (χ0n) is 13.3. The van der Waals surface area contributed by atoms with Crippen LogP contribution in [-0.2, 0) is 9.47 Å². The van der Waals surface area contributed by atoms with Crippen molar-refractivity contribution in [2.24, 2.45) is 0 Å². The Morgan fingerprint density at radius 1 is 0.731 bits per heavy atom. The molecule has 1 aliphatic rings. The van der Waals surface area contributed by atoms with Gasteiger partial charge in [-0.3, -0.25) is 20.2 Å². The number of hydrogen-bond acceptors (Lipinski definition) is 8. The Morgan fingerprint density at radius 2 is 1.08 bits per heavy atom. The highest BCUT2D eigenvalue weighted by Gasteiger charge is 2.31. The van der Waals surface area contributed by atoms with Gasteiger partial charge in [-0.15, -0.1) is 0 Å². The van der Waals surface area contributed by atoms with Crippen LogP contribution in [0.25, 0.3) is 0 Å². The first-order valence-electron chi connectivity index (χ1n) is 7.58. The van der Waals surface area contributed by atoms with Crippen LogP contribution in [0.2, 0.25) is 0 Å². The third-order valence-corrected chi connectivity index (χ3v) is 3.47. The maximum Gasteiger partial charge on any atom is 0.269 e. The Hall–Kier alpha value is -3.24. The van der Waals surface area contributed by atoms with E-state index in [9.17, 15) is 20.2 Å².